The zero-order valence-electron chi connectivity index (χ0n) is 7.90. The first-order valence-electron chi connectivity index (χ1n) is 4.23. The molecule has 1 fully saturated rings. The molecular weight excluding hydrogens is 138 g/mol. The van der Waals surface area contributed by atoms with Gasteiger partial charge in [-0.15, -0.1) is 0 Å². The van der Waals surface area contributed by atoms with Crippen LogP contribution >= 0.6 is 0 Å². The number of piperidine rings is 1. The van der Waals surface area contributed by atoms with Crippen LogP contribution in [-0.2, 0) is 0 Å². The molecule has 2 nitrogen and oxygen atoms in total. The van der Waals surface area contributed by atoms with Crippen LogP contribution in [0, 0.1) is 11.6 Å². The van der Waals surface area contributed by atoms with E-state index in [0.29, 0.717) is 5.06 Å². The second-order valence-electron chi connectivity index (χ2n) is 4.79. The van der Waals surface area contributed by atoms with E-state index >= 15 is 0 Å². The number of hydrogen-bond donors (Lipinski definition) is 1. The lowest BCUT2D eigenvalue weighted by Gasteiger charge is -2.52. The third kappa shape index (κ3) is 1.57. The van der Waals surface area contributed by atoms with Gasteiger partial charge in [0.15, 0.2) is 0 Å². The maximum atomic E-state index is 11.7. The molecule has 0 aliphatic carbocycles. The first kappa shape index (κ1) is 9.01. The van der Waals surface area contributed by atoms with Gasteiger partial charge < -0.3 is 10.3 Å². The maximum absolute atomic E-state index is 11.7. The number of rotatable bonds is 0. The van der Waals surface area contributed by atoms with Crippen molar-refractivity contribution in [1.29, 1.82) is 0 Å². The summed E-state index contributed by atoms with van der Waals surface area (Å²) < 4.78 is 0. The predicted octanol–water partition coefficient (Wildman–Crippen LogP) is 0.924. The molecule has 0 atom stereocenters. The van der Waals surface area contributed by atoms with Crippen molar-refractivity contribution < 1.29 is 5.06 Å². The Labute approximate surface area is 69.2 Å². The minimum Gasteiger partial charge on any atom is -0.634 e. The molecule has 0 aromatic heterocycles. The summed E-state index contributed by atoms with van der Waals surface area (Å²) in [6, 6.07) is 0. The second-order valence-corrected chi connectivity index (χ2v) is 4.79. The molecule has 0 bridgehead atoms. The van der Waals surface area contributed by atoms with Crippen LogP contribution in [-0.4, -0.2) is 11.1 Å². The zero-order valence-corrected chi connectivity index (χ0v) is 7.90. The van der Waals surface area contributed by atoms with Crippen molar-refractivity contribution in [2.45, 2.75) is 51.6 Å². The Bertz CT molecular complexity index is 136. The molecule has 65 valence electrons. The first-order valence-corrected chi connectivity index (χ1v) is 4.23. The van der Waals surface area contributed by atoms with Gasteiger partial charge in [0.2, 0.25) is 0 Å². The smallest absolute Gasteiger partial charge is 0.0923 e. The monoisotopic (exact) mass is 156 g/mol. The molecule has 0 amide bonds. The molecule has 1 aliphatic heterocycles. The summed E-state index contributed by atoms with van der Waals surface area (Å²) in [7, 11) is 0. The van der Waals surface area contributed by atoms with Gasteiger partial charge in [0, 0.05) is 12.8 Å². The topological polar surface area (TPSA) is 27.5 Å². The molecule has 0 spiro atoms. The fraction of sp³-hybridized carbons (Fsp3) is 0.889. The van der Waals surface area contributed by atoms with Crippen LogP contribution in [0.15, 0.2) is 0 Å². The van der Waals surface area contributed by atoms with Gasteiger partial charge in [-0.05, 0) is 34.1 Å². The maximum Gasteiger partial charge on any atom is 0.0923 e. The molecule has 11 heavy (non-hydrogen) atoms. The molecule has 0 unspecified atom stereocenters. The van der Waals surface area contributed by atoms with Crippen LogP contribution in [0.1, 0.15) is 40.5 Å². The van der Waals surface area contributed by atoms with Crippen molar-refractivity contribution in [1.82, 2.24) is 0 Å². The molecule has 1 N–H and O–H groups in total. The number of nitrogens with one attached hydrogen (secondary N) is 1. The summed E-state index contributed by atoms with van der Waals surface area (Å²) in [5.41, 5.74) is -0.247. The summed E-state index contributed by atoms with van der Waals surface area (Å²) in [4.78, 5) is 0. The quantitative estimate of drug-likeness (QED) is 0.519. The van der Waals surface area contributed by atoms with E-state index in [9.17, 15) is 5.21 Å². The second kappa shape index (κ2) is 2.46. The highest BCUT2D eigenvalue weighted by Gasteiger charge is 2.40. The molecule has 1 rings (SSSR count). The van der Waals surface area contributed by atoms with Gasteiger partial charge in [0.1, 0.15) is 0 Å². The Morgan fingerprint density at radius 3 is 1.73 bits per heavy atom. The number of quaternary nitrogens is 1. The van der Waals surface area contributed by atoms with E-state index < -0.39 is 0 Å². The average molecular weight is 156 g/mol. The summed E-state index contributed by atoms with van der Waals surface area (Å²) in [5, 5.41) is 12.2. The molecular formula is C9H18NO. The Morgan fingerprint density at radius 1 is 1.09 bits per heavy atom. The Morgan fingerprint density at radius 2 is 1.45 bits per heavy atom. The Balaban J connectivity index is 2.76. The van der Waals surface area contributed by atoms with Crippen LogP contribution < -0.4 is 5.06 Å². The fourth-order valence-corrected chi connectivity index (χ4v) is 1.90. The van der Waals surface area contributed by atoms with Crippen molar-refractivity contribution in [2.24, 2.45) is 0 Å². The molecule has 0 aromatic carbocycles. The van der Waals surface area contributed by atoms with Crippen LogP contribution in [0.2, 0.25) is 0 Å². The number of hydrogen-bond acceptors (Lipinski definition) is 1. The number of hydroxylamine groups is 2. The van der Waals surface area contributed by atoms with E-state index in [2.05, 4.69) is 6.42 Å². The molecule has 0 saturated carbocycles. The molecule has 1 radical (unpaired) electrons. The van der Waals surface area contributed by atoms with Crippen LogP contribution in [0.5, 0.6) is 0 Å². The summed E-state index contributed by atoms with van der Waals surface area (Å²) in [6.45, 7) is 8.14. The predicted molar refractivity (Wildman–Crippen MR) is 46.0 cm³/mol. The van der Waals surface area contributed by atoms with Crippen molar-refractivity contribution in [3.8, 4) is 0 Å². The Hall–Kier alpha value is -0.0800. The van der Waals surface area contributed by atoms with Gasteiger partial charge in [-0.2, -0.15) is 0 Å². The fourth-order valence-electron chi connectivity index (χ4n) is 1.90. The van der Waals surface area contributed by atoms with E-state index in [0.717, 1.165) is 12.8 Å². The average Bonchev–Trinajstić information content (AvgIpc) is 1.82. The van der Waals surface area contributed by atoms with E-state index in [1.165, 1.54) is 0 Å². The first-order chi connectivity index (χ1) is 4.86. The van der Waals surface area contributed by atoms with E-state index in [-0.39, 0.29) is 11.1 Å². The molecule has 0 aromatic rings. The van der Waals surface area contributed by atoms with Crippen LogP contribution in [0.4, 0.5) is 0 Å². The standard InChI is InChI=1S/C9H18NO/c1-8(2)6-5-7-9(3,4)10(8)11/h5,10H,6-7H2,1-4H3. The molecule has 1 heterocycles. The lowest BCUT2D eigenvalue weighted by atomic mass is 9.82. The summed E-state index contributed by atoms with van der Waals surface area (Å²) in [6.07, 6.45) is 4.12. The van der Waals surface area contributed by atoms with Crippen LogP contribution in [0.25, 0.3) is 0 Å². The lowest BCUT2D eigenvalue weighted by Crippen LogP contribution is -3.22. The van der Waals surface area contributed by atoms with Gasteiger partial charge in [0.25, 0.3) is 0 Å². The molecule has 2 heteroatoms. The summed E-state index contributed by atoms with van der Waals surface area (Å²) in [5.74, 6) is 0. The van der Waals surface area contributed by atoms with Crippen molar-refractivity contribution in [2.75, 3.05) is 0 Å². The zero-order chi connectivity index (χ0) is 8.70. The largest absolute Gasteiger partial charge is 0.634 e. The summed E-state index contributed by atoms with van der Waals surface area (Å²) >= 11 is 0. The van der Waals surface area contributed by atoms with Crippen molar-refractivity contribution in [3.63, 3.8) is 0 Å². The minimum atomic E-state index is -0.123. The van der Waals surface area contributed by atoms with E-state index in [4.69, 9.17) is 0 Å². The van der Waals surface area contributed by atoms with E-state index in [1.54, 1.807) is 0 Å². The highest BCUT2D eigenvalue weighted by molar-refractivity contribution is 4.90. The minimum absolute atomic E-state index is 0.123. The van der Waals surface area contributed by atoms with E-state index in [1.807, 2.05) is 27.7 Å². The third-order valence-electron chi connectivity index (χ3n) is 2.54. The van der Waals surface area contributed by atoms with Gasteiger partial charge >= 0.3 is 0 Å². The highest BCUT2D eigenvalue weighted by atomic mass is 16.5. The molecule has 1 aliphatic rings. The normalized spacial score (nSPS) is 30.3. The van der Waals surface area contributed by atoms with Gasteiger partial charge in [-0.3, -0.25) is 0 Å². The van der Waals surface area contributed by atoms with Gasteiger partial charge in [-0.25, -0.2) is 0 Å². The lowest BCUT2D eigenvalue weighted by molar-refractivity contribution is -0.952. The van der Waals surface area contributed by atoms with Gasteiger partial charge in [0.05, 0.1) is 11.1 Å². The van der Waals surface area contributed by atoms with Crippen molar-refractivity contribution >= 4 is 0 Å². The highest BCUT2D eigenvalue weighted by Crippen LogP contribution is 2.21. The van der Waals surface area contributed by atoms with Crippen LogP contribution in [0.3, 0.4) is 0 Å². The van der Waals surface area contributed by atoms with Crippen molar-refractivity contribution in [3.05, 3.63) is 11.6 Å². The van der Waals surface area contributed by atoms with Gasteiger partial charge in [-0.1, -0.05) is 0 Å². The SMILES string of the molecule is CC1(C)C[CH]CC(C)(C)[NH+]1[O-]. The Kier molecular flexibility index (Phi) is 2.01. The molecule has 1 saturated heterocycles. The third-order valence-corrected chi connectivity index (χ3v) is 2.54.